The molecule has 3 rings (SSSR count). The molecule has 10 heteroatoms. The number of nitrogens with one attached hydrogen (secondary N) is 1. The summed E-state index contributed by atoms with van der Waals surface area (Å²) in [5.41, 5.74) is 1.49. The van der Waals surface area contributed by atoms with Gasteiger partial charge in [0.1, 0.15) is 18.9 Å². The Morgan fingerprint density at radius 3 is 2.50 bits per heavy atom. The van der Waals surface area contributed by atoms with Gasteiger partial charge in [0.05, 0.1) is 11.3 Å². The van der Waals surface area contributed by atoms with Crippen molar-refractivity contribution in [3.05, 3.63) is 57.1 Å². The van der Waals surface area contributed by atoms with Gasteiger partial charge >= 0.3 is 5.97 Å². The lowest BCUT2D eigenvalue weighted by atomic mass is 10.1. The van der Waals surface area contributed by atoms with Crippen LogP contribution in [0.1, 0.15) is 34.3 Å². The number of esters is 1. The summed E-state index contributed by atoms with van der Waals surface area (Å²) in [6, 6.07) is 7.67. The number of benzene rings is 2. The zero-order chi connectivity index (χ0) is 23.3. The van der Waals surface area contributed by atoms with Crippen LogP contribution in [0.2, 0.25) is 0 Å². The molecular weight excluding hydrogens is 420 g/mol. The second kappa shape index (κ2) is 9.90. The van der Waals surface area contributed by atoms with Gasteiger partial charge in [0.25, 0.3) is 11.6 Å². The maximum Gasteiger partial charge on any atom is 0.306 e. The van der Waals surface area contributed by atoms with Crippen LogP contribution in [0.4, 0.5) is 11.4 Å². The number of ketones is 1. The molecule has 0 aromatic heterocycles. The van der Waals surface area contributed by atoms with E-state index in [9.17, 15) is 24.5 Å². The molecule has 0 aliphatic carbocycles. The summed E-state index contributed by atoms with van der Waals surface area (Å²) in [6.07, 6.45) is -0.327. The Labute approximate surface area is 183 Å². The molecule has 0 saturated carbocycles. The van der Waals surface area contributed by atoms with Gasteiger partial charge in [-0.1, -0.05) is 6.07 Å². The zero-order valence-electron chi connectivity index (χ0n) is 17.6. The van der Waals surface area contributed by atoms with Gasteiger partial charge in [-0.2, -0.15) is 0 Å². The minimum absolute atomic E-state index is 0.0600. The smallest absolute Gasteiger partial charge is 0.306 e. The molecule has 0 bridgehead atoms. The molecule has 1 heterocycles. The van der Waals surface area contributed by atoms with E-state index in [-0.39, 0.29) is 30.0 Å². The highest BCUT2D eigenvalue weighted by molar-refractivity contribution is 5.99. The lowest BCUT2D eigenvalue weighted by Crippen LogP contribution is -2.22. The molecule has 1 aliphatic heterocycles. The third-order valence-corrected chi connectivity index (χ3v) is 4.96. The van der Waals surface area contributed by atoms with Crippen molar-refractivity contribution >= 4 is 29.0 Å². The van der Waals surface area contributed by atoms with Crippen molar-refractivity contribution in [3.63, 3.8) is 0 Å². The summed E-state index contributed by atoms with van der Waals surface area (Å²) < 4.78 is 15.7. The van der Waals surface area contributed by atoms with Gasteiger partial charge in [0, 0.05) is 18.1 Å². The van der Waals surface area contributed by atoms with Gasteiger partial charge < -0.3 is 19.5 Å². The quantitative estimate of drug-likeness (QED) is 0.285. The highest BCUT2D eigenvalue weighted by Gasteiger charge is 2.20. The number of hydrogen-bond acceptors (Lipinski definition) is 8. The molecule has 0 saturated heterocycles. The fourth-order valence-electron chi connectivity index (χ4n) is 3.08. The number of Topliss-reactive ketones (excluding diaryl/α,β-unsaturated/α-hetero) is 1. The molecule has 168 valence electrons. The fraction of sp³-hybridized carbons (Fsp3) is 0.318. The number of ether oxygens (including phenoxy) is 3. The van der Waals surface area contributed by atoms with E-state index in [1.54, 1.807) is 38.1 Å². The summed E-state index contributed by atoms with van der Waals surface area (Å²) in [5, 5.41) is 13.6. The molecule has 2 aromatic rings. The first-order valence-corrected chi connectivity index (χ1v) is 9.89. The highest BCUT2D eigenvalue weighted by Crippen LogP contribution is 2.31. The standard InChI is InChI=1S/C22H22N2O8/c1-13-3-5-16(24(28)29)22(14(13)2)23-20(26)12-32-21(27)8-6-17(25)15-4-7-18-19(11-15)31-10-9-30-18/h3-5,7,11H,6,8-10,12H2,1-2H3,(H,23,26). The van der Waals surface area contributed by atoms with Crippen LogP contribution < -0.4 is 14.8 Å². The lowest BCUT2D eigenvalue weighted by Gasteiger charge is -2.18. The molecular formula is C22H22N2O8. The first-order chi connectivity index (χ1) is 15.3. The number of nitrogens with zero attached hydrogens (tertiary/aromatic N) is 1. The van der Waals surface area contributed by atoms with Crippen molar-refractivity contribution in [2.75, 3.05) is 25.1 Å². The van der Waals surface area contributed by atoms with Crippen molar-refractivity contribution in [2.24, 2.45) is 0 Å². The molecule has 2 aromatic carbocycles. The van der Waals surface area contributed by atoms with Gasteiger partial charge in [-0.3, -0.25) is 24.5 Å². The van der Waals surface area contributed by atoms with E-state index in [2.05, 4.69) is 5.32 Å². The Morgan fingerprint density at radius 1 is 1.06 bits per heavy atom. The normalized spacial score (nSPS) is 12.1. The minimum atomic E-state index is -0.735. The monoisotopic (exact) mass is 442 g/mol. The Morgan fingerprint density at radius 2 is 1.78 bits per heavy atom. The fourth-order valence-corrected chi connectivity index (χ4v) is 3.08. The van der Waals surface area contributed by atoms with E-state index in [1.807, 2.05) is 0 Å². The molecule has 0 radical (unpaired) electrons. The van der Waals surface area contributed by atoms with Crippen LogP contribution >= 0.6 is 0 Å². The van der Waals surface area contributed by atoms with E-state index in [4.69, 9.17) is 14.2 Å². The van der Waals surface area contributed by atoms with Crippen LogP contribution in [0.15, 0.2) is 30.3 Å². The summed E-state index contributed by atoms with van der Waals surface area (Å²) in [5.74, 6) is -0.701. The molecule has 0 atom stereocenters. The first kappa shape index (κ1) is 22.7. The number of nitro groups is 1. The summed E-state index contributed by atoms with van der Waals surface area (Å²) in [7, 11) is 0. The number of amides is 1. The van der Waals surface area contributed by atoms with E-state index in [1.165, 1.54) is 6.07 Å². The van der Waals surface area contributed by atoms with Gasteiger partial charge in [0.15, 0.2) is 23.9 Å². The summed E-state index contributed by atoms with van der Waals surface area (Å²) in [6.45, 7) is 3.61. The maximum atomic E-state index is 12.3. The minimum Gasteiger partial charge on any atom is -0.486 e. The average molecular weight is 442 g/mol. The van der Waals surface area contributed by atoms with Crippen molar-refractivity contribution in [3.8, 4) is 11.5 Å². The topological polar surface area (TPSA) is 134 Å². The third-order valence-electron chi connectivity index (χ3n) is 4.96. The van der Waals surface area contributed by atoms with E-state index in [0.717, 1.165) is 5.56 Å². The average Bonchev–Trinajstić information content (AvgIpc) is 2.78. The lowest BCUT2D eigenvalue weighted by molar-refractivity contribution is -0.384. The van der Waals surface area contributed by atoms with Crippen molar-refractivity contribution in [1.82, 2.24) is 0 Å². The number of rotatable bonds is 8. The van der Waals surface area contributed by atoms with Crippen LogP contribution in [-0.4, -0.2) is 42.4 Å². The number of carbonyl (C=O) groups excluding carboxylic acids is 3. The van der Waals surface area contributed by atoms with E-state index in [0.29, 0.717) is 35.8 Å². The SMILES string of the molecule is Cc1ccc([N+](=O)[O-])c(NC(=O)COC(=O)CCC(=O)c2ccc3c(c2)OCCO3)c1C. The van der Waals surface area contributed by atoms with Gasteiger partial charge in [-0.05, 0) is 43.2 Å². The van der Waals surface area contributed by atoms with Crippen LogP contribution in [0.5, 0.6) is 11.5 Å². The number of anilines is 1. The molecule has 32 heavy (non-hydrogen) atoms. The van der Waals surface area contributed by atoms with Crippen LogP contribution in [0, 0.1) is 24.0 Å². The molecule has 1 N–H and O–H groups in total. The van der Waals surface area contributed by atoms with E-state index < -0.39 is 23.4 Å². The van der Waals surface area contributed by atoms with Gasteiger partial charge in [0.2, 0.25) is 0 Å². The van der Waals surface area contributed by atoms with Crippen molar-refractivity contribution < 1.29 is 33.5 Å². The predicted octanol–water partition coefficient (Wildman–Crippen LogP) is 3.13. The largest absolute Gasteiger partial charge is 0.486 e. The number of hydrogen-bond donors (Lipinski definition) is 1. The second-order valence-electron chi connectivity index (χ2n) is 7.15. The summed E-state index contributed by atoms with van der Waals surface area (Å²) in [4.78, 5) is 47.0. The van der Waals surface area contributed by atoms with Crippen LogP contribution in [-0.2, 0) is 14.3 Å². The number of aryl methyl sites for hydroxylation is 1. The number of nitro benzene ring substituents is 1. The molecule has 0 fully saturated rings. The third kappa shape index (κ3) is 5.39. The Balaban J connectivity index is 1.50. The second-order valence-corrected chi connectivity index (χ2v) is 7.15. The van der Waals surface area contributed by atoms with Crippen LogP contribution in [0.3, 0.4) is 0 Å². The summed E-state index contributed by atoms with van der Waals surface area (Å²) >= 11 is 0. The maximum absolute atomic E-state index is 12.3. The first-order valence-electron chi connectivity index (χ1n) is 9.89. The Hall–Kier alpha value is -3.95. The molecule has 0 unspecified atom stereocenters. The van der Waals surface area contributed by atoms with E-state index >= 15 is 0 Å². The zero-order valence-corrected chi connectivity index (χ0v) is 17.6. The Bertz CT molecular complexity index is 1080. The number of fused-ring (bicyclic) bond motifs is 1. The van der Waals surface area contributed by atoms with Crippen molar-refractivity contribution in [1.29, 1.82) is 0 Å². The highest BCUT2D eigenvalue weighted by atomic mass is 16.6. The Kier molecular flexibility index (Phi) is 7.04. The predicted molar refractivity (Wildman–Crippen MR) is 113 cm³/mol. The molecule has 1 amide bonds. The van der Waals surface area contributed by atoms with Gasteiger partial charge in [-0.15, -0.1) is 0 Å². The molecule has 1 aliphatic rings. The van der Waals surface area contributed by atoms with Crippen LogP contribution in [0.25, 0.3) is 0 Å². The molecule has 0 spiro atoms. The number of carbonyl (C=O) groups is 3. The van der Waals surface area contributed by atoms with Gasteiger partial charge in [-0.25, -0.2) is 0 Å². The molecule has 10 nitrogen and oxygen atoms in total. The van der Waals surface area contributed by atoms with Crippen molar-refractivity contribution in [2.45, 2.75) is 26.7 Å².